The van der Waals surface area contributed by atoms with Crippen LogP contribution in [0.1, 0.15) is 30.5 Å². The third kappa shape index (κ3) is 2.93. The average Bonchev–Trinajstić information content (AvgIpc) is 2.56. The molecule has 0 aliphatic rings. The van der Waals surface area contributed by atoms with Gasteiger partial charge in [-0.1, -0.05) is 37.3 Å². The van der Waals surface area contributed by atoms with Crippen LogP contribution in [0.3, 0.4) is 0 Å². The van der Waals surface area contributed by atoms with Crippen LogP contribution >= 0.6 is 0 Å². The smallest absolute Gasteiger partial charge is 0.0753 e. The van der Waals surface area contributed by atoms with Crippen LogP contribution in [0.4, 0.5) is 0 Å². The van der Waals surface area contributed by atoms with Crippen LogP contribution in [0.25, 0.3) is 10.9 Å². The van der Waals surface area contributed by atoms with Crippen molar-refractivity contribution in [2.75, 3.05) is 6.54 Å². The molecule has 0 amide bonds. The van der Waals surface area contributed by atoms with E-state index in [4.69, 9.17) is 0 Å². The first-order chi connectivity index (χ1) is 10.4. The maximum Gasteiger partial charge on any atom is 0.0753 e. The summed E-state index contributed by atoms with van der Waals surface area (Å²) in [6, 6.07) is 14.6. The van der Waals surface area contributed by atoms with Crippen molar-refractivity contribution >= 4 is 10.9 Å². The van der Waals surface area contributed by atoms with Crippen molar-refractivity contribution in [3.8, 4) is 0 Å². The molecule has 106 valence electrons. The van der Waals surface area contributed by atoms with Gasteiger partial charge in [-0.2, -0.15) is 0 Å². The molecule has 0 spiro atoms. The first-order valence-corrected chi connectivity index (χ1v) is 7.37. The summed E-state index contributed by atoms with van der Waals surface area (Å²) in [5, 5.41) is 4.78. The lowest BCUT2D eigenvalue weighted by Crippen LogP contribution is -2.23. The fourth-order valence-electron chi connectivity index (χ4n) is 2.60. The van der Waals surface area contributed by atoms with Crippen LogP contribution in [0.5, 0.6) is 0 Å². The first-order valence-electron chi connectivity index (χ1n) is 7.37. The molecule has 0 saturated carbocycles. The fourth-order valence-corrected chi connectivity index (χ4v) is 2.60. The van der Waals surface area contributed by atoms with Gasteiger partial charge in [0.1, 0.15) is 0 Å². The number of nitrogens with one attached hydrogen (secondary N) is 1. The van der Waals surface area contributed by atoms with Gasteiger partial charge in [0.25, 0.3) is 0 Å². The van der Waals surface area contributed by atoms with Crippen molar-refractivity contribution in [2.45, 2.75) is 19.4 Å². The van der Waals surface area contributed by atoms with Crippen LogP contribution in [0.2, 0.25) is 0 Å². The second kappa shape index (κ2) is 6.46. The Morgan fingerprint density at radius 2 is 1.90 bits per heavy atom. The number of pyridine rings is 2. The van der Waals surface area contributed by atoms with Crippen molar-refractivity contribution in [3.05, 3.63) is 72.2 Å². The summed E-state index contributed by atoms with van der Waals surface area (Å²) < 4.78 is 0. The average molecular weight is 277 g/mol. The molecule has 3 heteroatoms. The molecule has 1 N–H and O–H groups in total. The lowest BCUT2D eigenvalue weighted by Gasteiger charge is -2.20. The Morgan fingerprint density at radius 3 is 2.71 bits per heavy atom. The lowest BCUT2D eigenvalue weighted by atomic mass is 9.97. The molecular formula is C18H19N3. The lowest BCUT2D eigenvalue weighted by molar-refractivity contribution is 0.599. The van der Waals surface area contributed by atoms with Gasteiger partial charge in [-0.05, 0) is 36.2 Å². The summed E-state index contributed by atoms with van der Waals surface area (Å²) in [5.74, 6) is 0. The Labute approximate surface area is 125 Å². The van der Waals surface area contributed by atoms with E-state index in [1.54, 1.807) is 0 Å². The molecule has 1 unspecified atom stereocenters. The third-order valence-corrected chi connectivity index (χ3v) is 3.59. The van der Waals surface area contributed by atoms with Gasteiger partial charge in [-0.3, -0.25) is 9.97 Å². The third-order valence-electron chi connectivity index (χ3n) is 3.59. The van der Waals surface area contributed by atoms with E-state index in [0.717, 1.165) is 18.5 Å². The second-order valence-corrected chi connectivity index (χ2v) is 5.10. The highest BCUT2D eigenvalue weighted by Gasteiger charge is 2.16. The summed E-state index contributed by atoms with van der Waals surface area (Å²) >= 11 is 0. The molecule has 0 saturated heterocycles. The predicted octanol–water partition coefficient (Wildman–Crippen LogP) is 3.72. The van der Waals surface area contributed by atoms with Gasteiger partial charge >= 0.3 is 0 Å². The molecule has 21 heavy (non-hydrogen) atoms. The fraction of sp³-hybridized carbons (Fsp3) is 0.222. The normalized spacial score (nSPS) is 12.4. The molecule has 2 aromatic heterocycles. The SMILES string of the molecule is CCCNC(c1cccnc1)c1cccc2cccnc12. The molecule has 1 atom stereocenters. The Balaban J connectivity index is 2.10. The predicted molar refractivity (Wildman–Crippen MR) is 86.1 cm³/mol. The molecule has 0 radical (unpaired) electrons. The second-order valence-electron chi connectivity index (χ2n) is 5.10. The summed E-state index contributed by atoms with van der Waals surface area (Å²) in [6.07, 6.45) is 6.68. The van der Waals surface area contributed by atoms with Crippen molar-refractivity contribution in [2.24, 2.45) is 0 Å². The zero-order chi connectivity index (χ0) is 14.5. The van der Waals surface area contributed by atoms with Crippen LogP contribution in [-0.2, 0) is 0 Å². The van der Waals surface area contributed by atoms with E-state index in [-0.39, 0.29) is 6.04 Å². The number of rotatable bonds is 5. The van der Waals surface area contributed by atoms with Gasteiger partial charge in [0.15, 0.2) is 0 Å². The van der Waals surface area contributed by atoms with E-state index in [2.05, 4.69) is 52.5 Å². The van der Waals surface area contributed by atoms with Crippen LogP contribution < -0.4 is 5.32 Å². The number of hydrogen-bond acceptors (Lipinski definition) is 3. The monoisotopic (exact) mass is 277 g/mol. The van der Waals surface area contributed by atoms with Gasteiger partial charge in [-0.25, -0.2) is 0 Å². The summed E-state index contributed by atoms with van der Waals surface area (Å²) in [7, 11) is 0. The van der Waals surface area contributed by atoms with E-state index in [1.807, 2.05) is 30.7 Å². The zero-order valence-corrected chi connectivity index (χ0v) is 12.2. The van der Waals surface area contributed by atoms with E-state index in [0.29, 0.717) is 0 Å². The number of hydrogen-bond donors (Lipinski definition) is 1. The van der Waals surface area contributed by atoms with E-state index < -0.39 is 0 Å². The van der Waals surface area contributed by atoms with Gasteiger partial charge < -0.3 is 5.32 Å². The van der Waals surface area contributed by atoms with E-state index in [1.165, 1.54) is 16.5 Å². The standard InChI is InChI=1S/C18H19N3/c1-2-10-20-18(15-8-4-11-19-13-15)16-9-3-6-14-7-5-12-21-17(14)16/h3-9,11-13,18,20H,2,10H2,1H3. The summed E-state index contributed by atoms with van der Waals surface area (Å²) in [5.41, 5.74) is 3.43. The van der Waals surface area contributed by atoms with Crippen LogP contribution in [-0.4, -0.2) is 16.5 Å². The molecule has 3 aromatic rings. The molecule has 0 aliphatic heterocycles. The maximum absolute atomic E-state index is 4.58. The van der Waals surface area contributed by atoms with Crippen molar-refractivity contribution in [1.82, 2.24) is 15.3 Å². The van der Waals surface area contributed by atoms with Crippen molar-refractivity contribution < 1.29 is 0 Å². The van der Waals surface area contributed by atoms with E-state index >= 15 is 0 Å². The zero-order valence-electron chi connectivity index (χ0n) is 12.2. The molecule has 3 rings (SSSR count). The first kappa shape index (κ1) is 13.7. The number of fused-ring (bicyclic) bond motifs is 1. The number of nitrogens with zero attached hydrogens (tertiary/aromatic N) is 2. The molecule has 0 fully saturated rings. The minimum absolute atomic E-state index is 0.122. The minimum Gasteiger partial charge on any atom is -0.306 e. The Hall–Kier alpha value is -2.26. The number of benzene rings is 1. The topological polar surface area (TPSA) is 37.8 Å². The quantitative estimate of drug-likeness (QED) is 0.772. The Bertz CT molecular complexity index is 704. The largest absolute Gasteiger partial charge is 0.306 e. The Morgan fingerprint density at radius 1 is 1.05 bits per heavy atom. The van der Waals surface area contributed by atoms with Gasteiger partial charge in [-0.15, -0.1) is 0 Å². The molecule has 3 nitrogen and oxygen atoms in total. The molecular weight excluding hydrogens is 258 g/mol. The number of aromatic nitrogens is 2. The Kier molecular flexibility index (Phi) is 4.22. The molecule has 0 bridgehead atoms. The number of para-hydroxylation sites is 1. The van der Waals surface area contributed by atoms with Gasteiger partial charge in [0, 0.05) is 24.0 Å². The highest BCUT2D eigenvalue weighted by Crippen LogP contribution is 2.27. The van der Waals surface area contributed by atoms with Crippen molar-refractivity contribution in [3.63, 3.8) is 0 Å². The minimum atomic E-state index is 0.122. The van der Waals surface area contributed by atoms with Crippen molar-refractivity contribution in [1.29, 1.82) is 0 Å². The highest BCUT2D eigenvalue weighted by atomic mass is 14.9. The summed E-state index contributed by atoms with van der Waals surface area (Å²) in [6.45, 7) is 3.14. The molecule has 0 aliphatic carbocycles. The molecule has 1 aromatic carbocycles. The molecule has 2 heterocycles. The van der Waals surface area contributed by atoms with Gasteiger partial charge in [0.2, 0.25) is 0 Å². The van der Waals surface area contributed by atoms with Gasteiger partial charge in [0.05, 0.1) is 11.6 Å². The summed E-state index contributed by atoms with van der Waals surface area (Å²) in [4.78, 5) is 8.83. The highest BCUT2D eigenvalue weighted by molar-refractivity contribution is 5.82. The van der Waals surface area contributed by atoms with E-state index in [9.17, 15) is 0 Å². The van der Waals surface area contributed by atoms with Crippen LogP contribution in [0, 0.1) is 0 Å². The van der Waals surface area contributed by atoms with Crippen LogP contribution in [0.15, 0.2) is 61.1 Å². The maximum atomic E-state index is 4.58.